The predicted molar refractivity (Wildman–Crippen MR) is 112 cm³/mol. The molecule has 0 aliphatic rings. The summed E-state index contributed by atoms with van der Waals surface area (Å²) in [5.41, 5.74) is 5.85. The molecule has 0 saturated carbocycles. The van der Waals surface area contributed by atoms with E-state index in [0.717, 1.165) is 27.8 Å². The lowest BCUT2D eigenvalue weighted by atomic mass is 9.48. The SMILES string of the molecule is CB(C)c1c(-c2c(B(O)O)c3ccccc3n2C)n(C)c2ccccc12. The molecule has 0 fully saturated rings. The Balaban J connectivity index is 2.22. The molecule has 4 aromatic rings. The second-order valence-electron chi connectivity index (χ2n) is 7.21. The van der Waals surface area contributed by atoms with Crippen LogP contribution in [-0.4, -0.2) is 33.0 Å². The van der Waals surface area contributed by atoms with Crippen LogP contribution in [0.25, 0.3) is 33.2 Å². The van der Waals surface area contributed by atoms with Crippen molar-refractivity contribution in [3.8, 4) is 11.4 Å². The molecule has 0 spiro atoms. The van der Waals surface area contributed by atoms with E-state index in [1.54, 1.807) is 0 Å². The molecule has 0 aliphatic heterocycles. The number of nitrogens with zero attached hydrogens (tertiary/aromatic N) is 2. The van der Waals surface area contributed by atoms with Crippen molar-refractivity contribution in [2.75, 3.05) is 0 Å². The minimum Gasteiger partial charge on any atom is -0.423 e. The highest BCUT2D eigenvalue weighted by atomic mass is 16.4. The van der Waals surface area contributed by atoms with Crippen LogP contribution in [0.2, 0.25) is 13.6 Å². The number of benzene rings is 2. The van der Waals surface area contributed by atoms with Crippen molar-refractivity contribution in [1.82, 2.24) is 9.13 Å². The molecule has 2 aromatic carbocycles. The minimum atomic E-state index is -1.53. The molecule has 2 heterocycles. The van der Waals surface area contributed by atoms with E-state index in [0.29, 0.717) is 12.2 Å². The molecule has 6 heteroatoms. The standard InChI is InChI=1S/C20H22B2N2O2/c1-21(2)17-13-9-5-7-11-15(13)23(3)19(17)20-18(22(25)26)14-10-6-8-12-16(14)24(20)4/h5-12,25-26H,1-4H3. The monoisotopic (exact) mass is 344 g/mol. The molecule has 0 amide bonds. The maximum absolute atomic E-state index is 10.2. The molecule has 4 nitrogen and oxygen atoms in total. The molecule has 0 saturated heterocycles. The molecule has 2 N–H and O–H groups in total. The zero-order chi connectivity index (χ0) is 18.6. The van der Waals surface area contributed by atoms with Crippen molar-refractivity contribution in [2.45, 2.75) is 13.6 Å². The van der Waals surface area contributed by atoms with Gasteiger partial charge in [-0.2, -0.15) is 0 Å². The van der Waals surface area contributed by atoms with Crippen molar-refractivity contribution in [3.05, 3.63) is 48.5 Å². The molecular formula is C20H22B2N2O2. The quantitative estimate of drug-likeness (QED) is 0.559. The van der Waals surface area contributed by atoms with Gasteiger partial charge in [0.2, 0.25) is 0 Å². The third-order valence-electron chi connectivity index (χ3n) is 5.35. The first-order valence-electron chi connectivity index (χ1n) is 8.94. The van der Waals surface area contributed by atoms with Crippen molar-refractivity contribution in [2.24, 2.45) is 14.1 Å². The normalized spacial score (nSPS) is 11.5. The number of aromatic nitrogens is 2. The largest absolute Gasteiger partial charge is 0.491 e. The summed E-state index contributed by atoms with van der Waals surface area (Å²) in [5.74, 6) is 0. The Bertz CT molecular complexity index is 1040. The third kappa shape index (κ3) is 2.26. The molecule has 2 aromatic heterocycles. The highest BCUT2D eigenvalue weighted by Gasteiger charge is 2.30. The number of hydrogen-bond donors (Lipinski definition) is 2. The predicted octanol–water partition coefficient (Wildman–Crippen LogP) is 1.98. The second kappa shape index (κ2) is 6.08. The van der Waals surface area contributed by atoms with Crippen LogP contribution in [0.3, 0.4) is 0 Å². The van der Waals surface area contributed by atoms with Gasteiger partial charge in [-0.25, -0.2) is 0 Å². The molecular weight excluding hydrogens is 322 g/mol. The lowest BCUT2D eigenvalue weighted by molar-refractivity contribution is 0.426. The first kappa shape index (κ1) is 17.0. The average molecular weight is 344 g/mol. The van der Waals surface area contributed by atoms with Gasteiger partial charge in [-0.05, 0) is 23.0 Å². The molecule has 0 aliphatic carbocycles. The summed E-state index contributed by atoms with van der Waals surface area (Å²) in [6.07, 6.45) is 0. The van der Waals surface area contributed by atoms with Crippen molar-refractivity contribution in [3.63, 3.8) is 0 Å². The summed E-state index contributed by atoms with van der Waals surface area (Å²) >= 11 is 0. The topological polar surface area (TPSA) is 50.3 Å². The molecule has 130 valence electrons. The molecule has 26 heavy (non-hydrogen) atoms. The van der Waals surface area contributed by atoms with Gasteiger partial charge in [0, 0.05) is 36.0 Å². The van der Waals surface area contributed by atoms with Crippen LogP contribution >= 0.6 is 0 Å². The highest BCUT2D eigenvalue weighted by molar-refractivity contribution is 6.75. The molecule has 0 bridgehead atoms. The Morgan fingerprint density at radius 1 is 0.692 bits per heavy atom. The molecule has 0 unspecified atom stereocenters. The Hall–Kier alpha value is -2.43. The molecule has 0 radical (unpaired) electrons. The summed E-state index contributed by atoms with van der Waals surface area (Å²) < 4.78 is 4.24. The van der Waals surface area contributed by atoms with Gasteiger partial charge in [-0.3, -0.25) is 0 Å². The van der Waals surface area contributed by atoms with Gasteiger partial charge >= 0.3 is 7.12 Å². The van der Waals surface area contributed by atoms with Gasteiger partial charge in [0.1, 0.15) is 0 Å². The summed E-state index contributed by atoms with van der Waals surface area (Å²) in [5, 5.41) is 22.5. The summed E-state index contributed by atoms with van der Waals surface area (Å²) in [6, 6.07) is 16.2. The zero-order valence-electron chi connectivity index (χ0n) is 15.6. The van der Waals surface area contributed by atoms with Crippen LogP contribution < -0.4 is 10.9 Å². The van der Waals surface area contributed by atoms with E-state index in [9.17, 15) is 10.0 Å². The smallest absolute Gasteiger partial charge is 0.423 e. The van der Waals surface area contributed by atoms with Gasteiger partial charge in [0.05, 0.1) is 11.4 Å². The first-order valence-corrected chi connectivity index (χ1v) is 8.94. The number of para-hydroxylation sites is 2. The fraction of sp³-hybridized carbons (Fsp3) is 0.200. The van der Waals surface area contributed by atoms with E-state index in [1.807, 2.05) is 37.4 Å². The van der Waals surface area contributed by atoms with Crippen molar-refractivity contribution >= 4 is 46.6 Å². The lowest BCUT2D eigenvalue weighted by Crippen LogP contribution is -2.34. The molecule has 4 rings (SSSR count). The number of aryl methyl sites for hydroxylation is 2. The fourth-order valence-electron chi connectivity index (χ4n) is 4.26. The Morgan fingerprint density at radius 3 is 1.58 bits per heavy atom. The second-order valence-corrected chi connectivity index (χ2v) is 7.21. The first-order chi connectivity index (χ1) is 12.4. The Morgan fingerprint density at radius 2 is 1.12 bits per heavy atom. The highest BCUT2D eigenvalue weighted by Crippen LogP contribution is 2.29. The average Bonchev–Trinajstić information content (AvgIpc) is 3.07. The van der Waals surface area contributed by atoms with Crippen LogP contribution in [-0.2, 0) is 14.1 Å². The fourth-order valence-corrected chi connectivity index (χ4v) is 4.26. The van der Waals surface area contributed by atoms with Crippen LogP contribution in [0.1, 0.15) is 0 Å². The van der Waals surface area contributed by atoms with Gasteiger partial charge in [0.15, 0.2) is 6.71 Å². The van der Waals surface area contributed by atoms with Gasteiger partial charge in [0.25, 0.3) is 0 Å². The maximum Gasteiger partial charge on any atom is 0.491 e. The van der Waals surface area contributed by atoms with Gasteiger partial charge in [-0.15, -0.1) is 0 Å². The number of rotatable bonds is 3. The van der Waals surface area contributed by atoms with E-state index in [2.05, 4.69) is 48.0 Å². The summed E-state index contributed by atoms with van der Waals surface area (Å²) in [6.45, 7) is 4.67. The number of fused-ring (bicyclic) bond motifs is 2. The van der Waals surface area contributed by atoms with E-state index < -0.39 is 7.12 Å². The van der Waals surface area contributed by atoms with Crippen molar-refractivity contribution < 1.29 is 10.0 Å². The maximum atomic E-state index is 10.2. The summed E-state index contributed by atoms with van der Waals surface area (Å²) in [7, 11) is 2.51. The summed E-state index contributed by atoms with van der Waals surface area (Å²) in [4.78, 5) is 0. The van der Waals surface area contributed by atoms with E-state index in [4.69, 9.17) is 0 Å². The van der Waals surface area contributed by atoms with Crippen LogP contribution in [0.5, 0.6) is 0 Å². The Kier molecular flexibility index (Phi) is 3.97. The Labute approximate surface area is 153 Å². The van der Waals surface area contributed by atoms with E-state index in [1.165, 1.54) is 10.8 Å². The minimum absolute atomic E-state index is 0.304. The van der Waals surface area contributed by atoms with Crippen molar-refractivity contribution in [1.29, 1.82) is 0 Å². The number of hydrogen-bond acceptors (Lipinski definition) is 2. The van der Waals surface area contributed by atoms with Crippen LogP contribution in [0.15, 0.2) is 48.5 Å². The van der Waals surface area contributed by atoms with E-state index in [-0.39, 0.29) is 0 Å². The third-order valence-corrected chi connectivity index (χ3v) is 5.35. The molecule has 0 atom stereocenters. The zero-order valence-corrected chi connectivity index (χ0v) is 15.6. The lowest BCUT2D eigenvalue weighted by Gasteiger charge is -2.14. The van der Waals surface area contributed by atoms with E-state index >= 15 is 0 Å². The van der Waals surface area contributed by atoms with Crippen LogP contribution in [0, 0.1) is 0 Å². The van der Waals surface area contributed by atoms with Crippen LogP contribution in [0.4, 0.5) is 0 Å². The van der Waals surface area contributed by atoms with Gasteiger partial charge < -0.3 is 19.2 Å². The van der Waals surface area contributed by atoms with Gasteiger partial charge in [-0.1, -0.05) is 50.0 Å².